The van der Waals surface area contributed by atoms with Gasteiger partial charge >= 0.3 is 0 Å². The van der Waals surface area contributed by atoms with Crippen molar-refractivity contribution in [2.75, 3.05) is 10.6 Å². The maximum atomic E-state index is 13.6. The van der Waals surface area contributed by atoms with Crippen LogP contribution in [0.15, 0.2) is 94.7 Å². The molecule has 4 N–H and O–H groups in total. The molecule has 5 rings (SSSR count). The third-order valence-corrected chi connectivity index (χ3v) is 7.67. The van der Waals surface area contributed by atoms with Gasteiger partial charge in [-0.3, -0.25) is 18.7 Å². The molecule has 12 heteroatoms. The number of nitrogens with one attached hydrogen (secondary N) is 2. The summed E-state index contributed by atoms with van der Waals surface area (Å²) in [5.41, 5.74) is 2.02. The van der Waals surface area contributed by atoms with Gasteiger partial charge in [-0.15, -0.1) is 0 Å². The van der Waals surface area contributed by atoms with Gasteiger partial charge in [0.1, 0.15) is 0 Å². The molecule has 0 radical (unpaired) electrons. The van der Waals surface area contributed by atoms with Gasteiger partial charge in [0.2, 0.25) is 0 Å². The molecule has 0 heterocycles. The summed E-state index contributed by atoms with van der Waals surface area (Å²) in [5.74, 6) is -0.810. The van der Waals surface area contributed by atoms with Gasteiger partial charge in [0.25, 0.3) is 20.2 Å². The fourth-order valence-corrected chi connectivity index (χ4v) is 5.12. The van der Waals surface area contributed by atoms with E-state index < -0.39 is 31.8 Å². The fraction of sp³-hybridized carbons (Fsp3) is 0. The number of carbonyl (C=O) groups is 2. The molecule has 0 saturated carbocycles. The van der Waals surface area contributed by atoms with Crippen molar-refractivity contribution in [3.63, 3.8) is 0 Å². The first-order chi connectivity index (χ1) is 17.9. The van der Waals surface area contributed by atoms with E-state index in [0.717, 1.165) is 0 Å². The number of hydrogen-bond donors (Lipinski definition) is 4. The van der Waals surface area contributed by atoms with Gasteiger partial charge in [-0.2, -0.15) is 16.8 Å². The Labute approximate surface area is 217 Å². The highest BCUT2D eigenvalue weighted by Gasteiger charge is 2.34. The quantitative estimate of drug-likeness (QED) is 0.222. The zero-order chi connectivity index (χ0) is 27.2. The van der Waals surface area contributed by atoms with Crippen molar-refractivity contribution in [2.45, 2.75) is 9.79 Å². The van der Waals surface area contributed by atoms with E-state index in [1.165, 1.54) is 48.5 Å². The minimum atomic E-state index is -4.38. The Morgan fingerprint density at radius 2 is 0.842 bits per heavy atom. The van der Waals surface area contributed by atoms with Crippen LogP contribution < -0.4 is 10.6 Å². The molecule has 0 atom stereocenters. The average Bonchev–Trinajstić information content (AvgIpc) is 2.87. The number of ketones is 2. The van der Waals surface area contributed by atoms with E-state index >= 15 is 0 Å². The number of anilines is 4. The normalized spacial score (nSPS) is 13.0. The Kier molecular flexibility index (Phi) is 6.12. The van der Waals surface area contributed by atoms with Crippen LogP contribution in [0.25, 0.3) is 0 Å². The number of rotatable bonds is 6. The second-order valence-corrected chi connectivity index (χ2v) is 11.2. The van der Waals surface area contributed by atoms with Gasteiger partial charge in [-0.05, 0) is 60.7 Å². The molecule has 4 aromatic carbocycles. The van der Waals surface area contributed by atoms with Crippen LogP contribution in [0, 0.1) is 0 Å². The third kappa shape index (κ3) is 4.68. The van der Waals surface area contributed by atoms with Crippen molar-refractivity contribution >= 4 is 54.6 Å². The molecule has 1 aliphatic rings. The van der Waals surface area contributed by atoms with Crippen molar-refractivity contribution in [2.24, 2.45) is 0 Å². The van der Waals surface area contributed by atoms with Gasteiger partial charge < -0.3 is 10.6 Å². The highest BCUT2D eigenvalue weighted by Crippen LogP contribution is 2.38. The van der Waals surface area contributed by atoms with Gasteiger partial charge in [0.05, 0.1) is 32.3 Å². The summed E-state index contributed by atoms with van der Waals surface area (Å²) < 4.78 is 63.8. The second-order valence-electron chi connectivity index (χ2n) is 8.36. The first kappa shape index (κ1) is 25.3. The largest absolute Gasteiger partial charge is 0.355 e. The monoisotopic (exact) mass is 550 g/mol. The molecule has 4 aromatic rings. The Morgan fingerprint density at radius 1 is 0.500 bits per heavy atom. The minimum absolute atomic E-state index is 0.0899. The van der Waals surface area contributed by atoms with Gasteiger partial charge in [0.15, 0.2) is 11.6 Å². The van der Waals surface area contributed by atoms with E-state index in [-0.39, 0.29) is 32.0 Å². The SMILES string of the molecule is O=C1c2ccccc2C(=O)c2c(Nc3ccc(S(=O)(=O)O)cc3)ccc(Nc3ccc(S(=O)(=O)O)cc3)c21. The molecule has 0 aromatic heterocycles. The predicted molar refractivity (Wildman–Crippen MR) is 139 cm³/mol. The number of benzene rings is 4. The zero-order valence-electron chi connectivity index (χ0n) is 19.2. The standard InChI is InChI=1S/C26H18N2O8S2/c29-25-19-3-1-2-4-20(19)26(30)24-22(28-16-7-11-18(12-8-16)38(34,35)36)14-13-21(23(24)25)27-15-5-9-17(10-6-15)37(31,32)33/h1-14,27-28H,(H,31,32,33)(H,34,35,36). The van der Waals surface area contributed by atoms with Gasteiger partial charge in [-0.25, -0.2) is 0 Å². The van der Waals surface area contributed by atoms with E-state index in [1.54, 1.807) is 36.4 Å². The number of hydrogen-bond acceptors (Lipinski definition) is 8. The molecule has 0 saturated heterocycles. The van der Waals surface area contributed by atoms with Crippen molar-refractivity contribution < 1.29 is 35.5 Å². The molecule has 0 unspecified atom stereocenters. The Bertz CT molecular complexity index is 1700. The number of fused-ring (bicyclic) bond motifs is 2. The smallest absolute Gasteiger partial charge is 0.294 e. The second kappa shape index (κ2) is 9.19. The summed E-state index contributed by atoms with van der Waals surface area (Å²) in [5, 5.41) is 6.07. The zero-order valence-corrected chi connectivity index (χ0v) is 20.9. The van der Waals surface area contributed by atoms with Crippen LogP contribution in [0.3, 0.4) is 0 Å². The first-order valence-corrected chi connectivity index (χ1v) is 13.9. The maximum absolute atomic E-state index is 13.6. The van der Waals surface area contributed by atoms with Crippen LogP contribution in [0.1, 0.15) is 31.8 Å². The first-order valence-electron chi connectivity index (χ1n) is 11.0. The van der Waals surface area contributed by atoms with Gasteiger partial charge in [-0.1, -0.05) is 24.3 Å². The summed E-state index contributed by atoms with van der Waals surface area (Å²) in [6.07, 6.45) is 0. The molecular formula is C26H18N2O8S2. The topological polar surface area (TPSA) is 167 Å². The van der Waals surface area contributed by atoms with Crippen LogP contribution >= 0.6 is 0 Å². The fourth-order valence-electron chi connectivity index (χ4n) is 4.16. The summed E-state index contributed by atoms with van der Waals surface area (Å²) in [6, 6.07) is 19.9. The predicted octanol–water partition coefficient (Wildman–Crippen LogP) is 4.44. The molecule has 0 fully saturated rings. The molecule has 0 aliphatic heterocycles. The van der Waals surface area contributed by atoms with Gasteiger partial charge in [0, 0.05) is 22.5 Å². The molecular weight excluding hydrogens is 532 g/mol. The highest BCUT2D eigenvalue weighted by atomic mass is 32.2. The lowest BCUT2D eigenvalue weighted by atomic mass is 9.82. The Morgan fingerprint density at radius 3 is 1.16 bits per heavy atom. The molecule has 0 amide bonds. The van der Waals surface area contributed by atoms with Crippen molar-refractivity contribution in [3.05, 3.63) is 107 Å². The summed E-state index contributed by atoms with van der Waals surface area (Å²) in [4.78, 5) is 26.6. The number of carbonyl (C=O) groups excluding carboxylic acids is 2. The van der Waals surface area contributed by atoms with E-state index in [0.29, 0.717) is 22.7 Å². The molecule has 0 spiro atoms. The lowest BCUT2D eigenvalue weighted by molar-refractivity contribution is 0.0980. The summed E-state index contributed by atoms with van der Waals surface area (Å²) in [6.45, 7) is 0. The highest BCUT2D eigenvalue weighted by molar-refractivity contribution is 7.86. The van der Waals surface area contributed by atoms with Crippen LogP contribution in [0.4, 0.5) is 22.7 Å². The minimum Gasteiger partial charge on any atom is -0.355 e. The average molecular weight is 551 g/mol. The van der Waals surface area contributed by atoms with E-state index in [2.05, 4.69) is 10.6 Å². The summed E-state index contributed by atoms with van der Waals surface area (Å²) in [7, 11) is -8.77. The van der Waals surface area contributed by atoms with E-state index in [4.69, 9.17) is 0 Å². The third-order valence-electron chi connectivity index (χ3n) is 5.94. The maximum Gasteiger partial charge on any atom is 0.294 e. The van der Waals surface area contributed by atoms with Crippen molar-refractivity contribution in [1.29, 1.82) is 0 Å². The van der Waals surface area contributed by atoms with E-state index in [1.807, 2.05) is 0 Å². The lowest BCUT2D eigenvalue weighted by Gasteiger charge is -2.24. The van der Waals surface area contributed by atoms with Crippen LogP contribution in [-0.2, 0) is 20.2 Å². The van der Waals surface area contributed by atoms with E-state index in [9.17, 15) is 35.5 Å². The molecule has 0 bridgehead atoms. The molecule has 10 nitrogen and oxygen atoms in total. The van der Waals surface area contributed by atoms with Crippen LogP contribution in [0.2, 0.25) is 0 Å². The molecule has 1 aliphatic carbocycles. The Hall–Kier alpha value is -4.36. The Balaban J connectivity index is 1.60. The molecule has 38 heavy (non-hydrogen) atoms. The molecule has 192 valence electrons. The lowest BCUT2D eigenvalue weighted by Crippen LogP contribution is -2.23. The van der Waals surface area contributed by atoms with Crippen LogP contribution in [-0.4, -0.2) is 37.5 Å². The summed E-state index contributed by atoms with van der Waals surface area (Å²) >= 11 is 0. The van der Waals surface area contributed by atoms with Crippen LogP contribution in [0.5, 0.6) is 0 Å². The van der Waals surface area contributed by atoms with Crippen molar-refractivity contribution in [3.8, 4) is 0 Å². The van der Waals surface area contributed by atoms with Crippen molar-refractivity contribution in [1.82, 2.24) is 0 Å².